The summed E-state index contributed by atoms with van der Waals surface area (Å²) < 4.78 is 6.45. The highest BCUT2D eigenvalue weighted by molar-refractivity contribution is 7.17. The van der Waals surface area contributed by atoms with Gasteiger partial charge in [0.1, 0.15) is 0 Å². The zero-order valence-electron chi connectivity index (χ0n) is 9.05. The fourth-order valence-electron chi connectivity index (χ4n) is 1.65. The number of alkyl halides is 1. The Morgan fingerprint density at radius 1 is 1.35 bits per heavy atom. The Hall–Kier alpha value is -1.39. The lowest BCUT2D eigenvalue weighted by Gasteiger charge is -1.92. The molecular formula is C12H9ClN2OS. The zero-order valence-corrected chi connectivity index (χ0v) is 10.6. The minimum Gasteiger partial charge on any atom is -0.334 e. The van der Waals surface area contributed by atoms with Crippen LogP contribution in [0, 0.1) is 0 Å². The molecule has 0 aliphatic heterocycles. The van der Waals surface area contributed by atoms with Gasteiger partial charge in [-0.2, -0.15) is 4.98 Å². The van der Waals surface area contributed by atoms with Crippen molar-refractivity contribution in [2.24, 2.45) is 0 Å². The van der Waals surface area contributed by atoms with Gasteiger partial charge >= 0.3 is 0 Å². The number of benzene rings is 1. The highest BCUT2D eigenvalue weighted by Crippen LogP contribution is 2.33. The van der Waals surface area contributed by atoms with Crippen LogP contribution in [0.5, 0.6) is 0 Å². The molecule has 5 heteroatoms. The Kier molecular flexibility index (Phi) is 2.61. The second-order valence-electron chi connectivity index (χ2n) is 3.72. The van der Waals surface area contributed by atoms with E-state index in [1.807, 2.05) is 24.4 Å². The second kappa shape index (κ2) is 4.13. The molecule has 0 aliphatic rings. The number of aromatic nitrogens is 2. The van der Waals surface area contributed by atoms with Crippen LogP contribution < -0.4 is 0 Å². The number of hydrogen-bond acceptors (Lipinski definition) is 4. The molecule has 3 aromatic rings. The molecule has 2 heterocycles. The fourth-order valence-corrected chi connectivity index (χ4v) is 2.67. The second-order valence-corrected chi connectivity index (χ2v) is 5.29. The predicted molar refractivity (Wildman–Crippen MR) is 69.4 cm³/mol. The first-order valence-corrected chi connectivity index (χ1v) is 6.51. The Bertz CT molecular complexity index is 659. The minimum absolute atomic E-state index is 0.239. The lowest BCUT2D eigenvalue weighted by molar-refractivity contribution is 0.423. The van der Waals surface area contributed by atoms with E-state index in [0.29, 0.717) is 11.7 Å². The first-order chi connectivity index (χ1) is 8.25. The van der Waals surface area contributed by atoms with Crippen molar-refractivity contribution in [2.75, 3.05) is 0 Å². The molecule has 0 bridgehead atoms. The lowest BCUT2D eigenvalue weighted by Crippen LogP contribution is -1.86. The van der Waals surface area contributed by atoms with E-state index in [1.165, 1.54) is 4.70 Å². The van der Waals surface area contributed by atoms with Crippen molar-refractivity contribution >= 4 is 33.0 Å². The monoisotopic (exact) mass is 264 g/mol. The fraction of sp³-hybridized carbons (Fsp3) is 0.167. The Balaban J connectivity index is 2.14. The lowest BCUT2D eigenvalue weighted by atomic mass is 10.2. The van der Waals surface area contributed by atoms with Crippen LogP contribution in [0.2, 0.25) is 0 Å². The average Bonchev–Trinajstić information content (AvgIpc) is 2.95. The van der Waals surface area contributed by atoms with Gasteiger partial charge in [-0.25, -0.2) is 0 Å². The van der Waals surface area contributed by atoms with E-state index in [1.54, 1.807) is 11.3 Å². The minimum atomic E-state index is -0.239. The molecule has 1 aromatic carbocycles. The summed E-state index contributed by atoms with van der Waals surface area (Å²) in [6, 6.07) is 8.14. The largest absolute Gasteiger partial charge is 0.334 e. The van der Waals surface area contributed by atoms with E-state index in [2.05, 4.69) is 22.3 Å². The molecule has 2 aromatic heterocycles. The number of nitrogens with zero attached hydrogens (tertiary/aromatic N) is 2. The van der Waals surface area contributed by atoms with E-state index in [4.69, 9.17) is 16.1 Å². The van der Waals surface area contributed by atoms with Gasteiger partial charge in [-0.15, -0.1) is 22.9 Å². The number of rotatable bonds is 2. The smallest absolute Gasteiger partial charge is 0.259 e. The van der Waals surface area contributed by atoms with Crippen molar-refractivity contribution in [3.8, 4) is 11.5 Å². The Morgan fingerprint density at radius 3 is 2.94 bits per heavy atom. The summed E-state index contributed by atoms with van der Waals surface area (Å²) in [6.07, 6.45) is 0. The van der Waals surface area contributed by atoms with Crippen molar-refractivity contribution in [3.63, 3.8) is 0 Å². The van der Waals surface area contributed by atoms with Crippen molar-refractivity contribution in [1.82, 2.24) is 10.1 Å². The third-order valence-electron chi connectivity index (χ3n) is 2.51. The molecule has 0 spiro atoms. The molecule has 0 radical (unpaired) electrons. The first kappa shape index (κ1) is 10.7. The topological polar surface area (TPSA) is 38.9 Å². The average molecular weight is 265 g/mol. The summed E-state index contributed by atoms with van der Waals surface area (Å²) in [5.41, 5.74) is 0.974. The maximum absolute atomic E-state index is 5.91. The highest BCUT2D eigenvalue weighted by Gasteiger charge is 2.15. The van der Waals surface area contributed by atoms with Gasteiger partial charge in [-0.1, -0.05) is 23.4 Å². The predicted octanol–water partition coefficient (Wildman–Crippen LogP) is 4.25. The number of fused-ring (bicyclic) bond motifs is 1. The van der Waals surface area contributed by atoms with E-state index in [-0.39, 0.29) is 5.38 Å². The number of hydrogen-bond donors (Lipinski definition) is 0. The summed E-state index contributed by atoms with van der Waals surface area (Å²) in [5, 5.41) is 6.79. The third kappa shape index (κ3) is 1.83. The van der Waals surface area contributed by atoms with Crippen LogP contribution in [-0.4, -0.2) is 10.1 Å². The van der Waals surface area contributed by atoms with Crippen LogP contribution in [0.15, 0.2) is 34.2 Å². The van der Waals surface area contributed by atoms with Crippen LogP contribution in [0.25, 0.3) is 21.5 Å². The van der Waals surface area contributed by atoms with Gasteiger partial charge in [0.15, 0.2) is 5.82 Å². The molecule has 0 N–H and O–H groups in total. The number of halogens is 1. The van der Waals surface area contributed by atoms with E-state index >= 15 is 0 Å². The third-order valence-corrected chi connectivity index (χ3v) is 3.67. The van der Waals surface area contributed by atoms with Crippen LogP contribution in [0.3, 0.4) is 0 Å². The summed E-state index contributed by atoms with van der Waals surface area (Å²) in [4.78, 5) is 4.30. The maximum atomic E-state index is 5.91. The van der Waals surface area contributed by atoms with Gasteiger partial charge in [0.25, 0.3) is 5.89 Å². The van der Waals surface area contributed by atoms with E-state index in [0.717, 1.165) is 10.9 Å². The van der Waals surface area contributed by atoms with Gasteiger partial charge < -0.3 is 4.52 Å². The summed E-state index contributed by atoms with van der Waals surface area (Å²) in [5.74, 6) is 1.06. The van der Waals surface area contributed by atoms with E-state index < -0.39 is 0 Å². The summed E-state index contributed by atoms with van der Waals surface area (Å²) >= 11 is 7.58. The molecule has 17 heavy (non-hydrogen) atoms. The quantitative estimate of drug-likeness (QED) is 0.650. The van der Waals surface area contributed by atoms with Crippen LogP contribution in [0.4, 0.5) is 0 Å². The van der Waals surface area contributed by atoms with Crippen LogP contribution >= 0.6 is 22.9 Å². The number of thiophene rings is 1. The van der Waals surface area contributed by atoms with Crippen molar-refractivity contribution in [1.29, 1.82) is 0 Å². The van der Waals surface area contributed by atoms with Gasteiger partial charge in [-0.05, 0) is 13.0 Å². The molecule has 0 amide bonds. The molecule has 0 saturated heterocycles. The van der Waals surface area contributed by atoms with Gasteiger partial charge in [0.2, 0.25) is 0 Å². The molecule has 1 atom stereocenters. The van der Waals surface area contributed by atoms with Gasteiger partial charge in [-0.3, -0.25) is 0 Å². The summed E-state index contributed by atoms with van der Waals surface area (Å²) in [6.45, 7) is 1.82. The van der Waals surface area contributed by atoms with E-state index in [9.17, 15) is 0 Å². The molecule has 0 aliphatic carbocycles. The normalized spacial score (nSPS) is 13.1. The highest BCUT2D eigenvalue weighted by atomic mass is 35.5. The SMILES string of the molecule is CC(Cl)c1noc(-c2csc3ccccc23)n1. The Labute approximate surface area is 107 Å². The molecule has 3 rings (SSSR count). The Morgan fingerprint density at radius 2 is 2.18 bits per heavy atom. The van der Waals surface area contributed by atoms with Crippen LogP contribution in [0.1, 0.15) is 18.1 Å². The molecule has 0 fully saturated rings. The molecule has 0 saturated carbocycles. The first-order valence-electron chi connectivity index (χ1n) is 5.20. The van der Waals surface area contributed by atoms with Crippen molar-refractivity contribution in [2.45, 2.75) is 12.3 Å². The molecular weight excluding hydrogens is 256 g/mol. The molecule has 86 valence electrons. The van der Waals surface area contributed by atoms with Crippen molar-refractivity contribution in [3.05, 3.63) is 35.5 Å². The van der Waals surface area contributed by atoms with Crippen molar-refractivity contribution < 1.29 is 4.52 Å². The summed E-state index contributed by atoms with van der Waals surface area (Å²) in [7, 11) is 0. The van der Waals surface area contributed by atoms with Gasteiger partial charge in [0, 0.05) is 15.5 Å². The van der Waals surface area contributed by atoms with Gasteiger partial charge in [0.05, 0.1) is 10.9 Å². The zero-order chi connectivity index (χ0) is 11.8. The maximum Gasteiger partial charge on any atom is 0.259 e. The van der Waals surface area contributed by atoms with Crippen LogP contribution in [-0.2, 0) is 0 Å². The molecule has 3 nitrogen and oxygen atoms in total. The standard InChI is InChI=1S/C12H9ClN2OS/c1-7(13)11-14-12(16-15-11)9-6-17-10-5-3-2-4-8(9)10/h2-7H,1H3. The molecule has 1 unspecified atom stereocenters.